The molecule has 0 N–H and O–H groups in total. The van der Waals surface area contributed by atoms with E-state index in [0.29, 0.717) is 5.56 Å². The Kier molecular flexibility index (Phi) is 5.75. The molecule has 140 valence electrons. The van der Waals surface area contributed by atoms with Crippen LogP contribution in [0.1, 0.15) is 40.1 Å². The molecule has 1 unspecified atom stereocenters. The maximum Gasteiger partial charge on any atom is 0.416 e. The van der Waals surface area contributed by atoms with E-state index in [-0.39, 0.29) is 16.9 Å². The Balaban J connectivity index is 2.15. The molecular formula is C18H17F3O4S. The first-order chi connectivity index (χ1) is 12.0. The van der Waals surface area contributed by atoms with Gasteiger partial charge in [-0.15, -0.1) is 0 Å². The summed E-state index contributed by atoms with van der Waals surface area (Å²) in [4.78, 5) is 12.2. The first-order valence-electron chi connectivity index (χ1n) is 7.61. The van der Waals surface area contributed by atoms with E-state index in [4.69, 9.17) is 4.74 Å². The van der Waals surface area contributed by atoms with Gasteiger partial charge in [-0.3, -0.25) is 0 Å². The van der Waals surface area contributed by atoms with Crippen LogP contribution >= 0.6 is 0 Å². The summed E-state index contributed by atoms with van der Waals surface area (Å²) in [6.07, 6.45) is -4.56. The molecule has 0 aliphatic carbocycles. The number of halogens is 3. The molecule has 0 aliphatic heterocycles. The van der Waals surface area contributed by atoms with Crippen molar-refractivity contribution in [3.8, 4) is 0 Å². The molecule has 0 amide bonds. The minimum atomic E-state index is -4.55. The van der Waals surface area contributed by atoms with Crippen molar-refractivity contribution in [2.24, 2.45) is 0 Å². The number of carbonyl (C=O) groups excluding carboxylic acids is 1. The van der Waals surface area contributed by atoms with Crippen molar-refractivity contribution in [3.63, 3.8) is 0 Å². The summed E-state index contributed by atoms with van der Waals surface area (Å²) in [5, 5.41) is 0. The number of alkyl halides is 3. The van der Waals surface area contributed by atoms with Crippen molar-refractivity contribution >= 4 is 15.8 Å². The van der Waals surface area contributed by atoms with Crippen molar-refractivity contribution in [2.75, 3.05) is 6.26 Å². The molecule has 0 aromatic heterocycles. The van der Waals surface area contributed by atoms with Gasteiger partial charge in [0.2, 0.25) is 0 Å². The van der Waals surface area contributed by atoms with E-state index in [0.717, 1.165) is 12.3 Å². The number of esters is 1. The van der Waals surface area contributed by atoms with Gasteiger partial charge in [-0.05, 0) is 30.7 Å². The summed E-state index contributed by atoms with van der Waals surface area (Å²) in [6.45, 7) is 1.36. The number of ether oxygens (including phenoxy) is 1. The van der Waals surface area contributed by atoms with Crippen molar-refractivity contribution < 1.29 is 31.1 Å². The van der Waals surface area contributed by atoms with Gasteiger partial charge in [0.1, 0.15) is 6.10 Å². The average Bonchev–Trinajstić information content (AvgIpc) is 2.53. The van der Waals surface area contributed by atoms with Crippen LogP contribution in [0.3, 0.4) is 0 Å². The molecule has 0 heterocycles. The molecule has 0 saturated heterocycles. The Morgan fingerprint density at radius 2 is 1.65 bits per heavy atom. The van der Waals surface area contributed by atoms with E-state index in [1.165, 1.54) is 49.4 Å². The lowest BCUT2D eigenvalue weighted by Crippen LogP contribution is -2.15. The van der Waals surface area contributed by atoms with Gasteiger partial charge in [-0.1, -0.05) is 30.3 Å². The zero-order valence-corrected chi connectivity index (χ0v) is 14.9. The summed E-state index contributed by atoms with van der Waals surface area (Å²) in [6, 6.07) is 10.6. The average molecular weight is 386 g/mol. The zero-order valence-electron chi connectivity index (χ0n) is 14.1. The van der Waals surface area contributed by atoms with Crippen LogP contribution in [0.25, 0.3) is 0 Å². The molecule has 8 heteroatoms. The molecule has 4 nitrogen and oxygen atoms in total. The first kappa shape index (κ1) is 20.0. The van der Waals surface area contributed by atoms with Gasteiger partial charge in [-0.2, -0.15) is 13.2 Å². The number of rotatable bonds is 5. The third-order valence-corrected chi connectivity index (χ3v) is 4.46. The third kappa shape index (κ3) is 5.32. The molecule has 0 spiro atoms. The Bertz CT molecular complexity index is 887. The predicted octanol–water partition coefficient (Wildman–Crippen LogP) is 4.17. The summed E-state index contributed by atoms with van der Waals surface area (Å²) < 4.78 is 66.8. The fraction of sp³-hybridized carbons (Fsp3) is 0.278. The van der Waals surface area contributed by atoms with Gasteiger partial charge in [0.15, 0.2) is 9.84 Å². The quantitative estimate of drug-likeness (QED) is 0.724. The molecule has 0 radical (unpaired) electrons. The van der Waals surface area contributed by atoms with E-state index >= 15 is 0 Å². The number of benzene rings is 2. The first-order valence-corrected chi connectivity index (χ1v) is 9.67. The summed E-state index contributed by atoms with van der Waals surface area (Å²) in [5.74, 6) is -0.960. The Labute approximate surface area is 149 Å². The lowest BCUT2D eigenvalue weighted by molar-refractivity contribution is -0.139. The Morgan fingerprint density at radius 1 is 1.08 bits per heavy atom. The number of sulfone groups is 1. The lowest BCUT2D eigenvalue weighted by atomic mass is 10.0. The molecule has 2 aromatic carbocycles. The van der Waals surface area contributed by atoms with E-state index in [9.17, 15) is 26.4 Å². The number of hydrogen-bond donors (Lipinski definition) is 0. The molecule has 0 bridgehead atoms. The van der Waals surface area contributed by atoms with E-state index < -0.39 is 33.7 Å². The van der Waals surface area contributed by atoms with Gasteiger partial charge in [0.25, 0.3) is 0 Å². The summed E-state index contributed by atoms with van der Waals surface area (Å²) >= 11 is 0. The second-order valence-corrected chi connectivity index (χ2v) is 8.04. The van der Waals surface area contributed by atoms with Crippen molar-refractivity contribution in [3.05, 3.63) is 70.8 Å². The molecule has 2 rings (SSSR count). The molecule has 2 aromatic rings. The second kappa shape index (κ2) is 7.49. The number of hydrogen-bond acceptors (Lipinski definition) is 4. The minimum absolute atomic E-state index is 0.124. The Morgan fingerprint density at radius 3 is 2.19 bits per heavy atom. The van der Waals surface area contributed by atoms with Gasteiger partial charge in [0, 0.05) is 11.8 Å². The van der Waals surface area contributed by atoms with Crippen LogP contribution in [-0.2, 0) is 26.5 Å². The van der Waals surface area contributed by atoms with Crippen LogP contribution in [0.2, 0.25) is 0 Å². The fourth-order valence-corrected chi connectivity index (χ4v) is 3.24. The van der Waals surface area contributed by atoms with Crippen molar-refractivity contribution in [2.45, 2.75) is 25.0 Å². The molecule has 0 saturated carbocycles. The van der Waals surface area contributed by atoms with Crippen LogP contribution in [0.4, 0.5) is 13.2 Å². The topological polar surface area (TPSA) is 60.4 Å². The van der Waals surface area contributed by atoms with Crippen LogP contribution in [0, 0.1) is 0 Å². The monoisotopic (exact) mass is 386 g/mol. The number of carbonyl (C=O) groups is 1. The van der Waals surface area contributed by atoms with Gasteiger partial charge in [0.05, 0.1) is 16.9 Å². The lowest BCUT2D eigenvalue weighted by Gasteiger charge is -2.18. The summed E-state index contributed by atoms with van der Waals surface area (Å²) in [7, 11) is -3.21. The molecule has 0 aliphatic rings. The molecule has 0 fully saturated rings. The van der Waals surface area contributed by atoms with Crippen molar-refractivity contribution in [1.29, 1.82) is 0 Å². The van der Waals surface area contributed by atoms with Crippen molar-refractivity contribution in [1.82, 2.24) is 0 Å². The normalized spacial score (nSPS) is 13.3. The maximum atomic E-state index is 13.1. The highest BCUT2D eigenvalue weighted by molar-refractivity contribution is 7.89. The third-order valence-electron chi connectivity index (χ3n) is 3.61. The smallest absolute Gasteiger partial charge is 0.416 e. The van der Waals surface area contributed by atoms with Gasteiger partial charge in [-0.25, -0.2) is 13.2 Å². The van der Waals surface area contributed by atoms with E-state index in [1.54, 1.807) is 0 Å². The predicted molar refractivity (Wildman–Crippen MR) is 90.3 cm³/mol. The highest BCUT2D eigenvalue weighted by Gasteiger charge is 2.34. The van der Waals surface area contributed by atoms with Crippen LogP contribution < -0.4 is 0 Å². The van der Waals surface area contributed by atoms with Gasteiger partial charge < -0.3 is 4.74 Å². The second-order valence-electron chi connectivity index (χ2n) is 5.90. The maximum absolute atomic E-state index is 13.1. The standard InChI is InChI=1S/C18H17F3O4S/c1-12(15-5-3-4-6-16(15)18(19,20)21)25-17(22)14-9-7-13(8-10-14)11-26(2,23)24/h3-10,12H,11H2,1-2H3. The minimum Gasteiger partial charge on any atom is -0.454 e. The highest BCUT2D eigenvalue weighted by Crippen LogP contribution is 2.35. The highest BCUT2D eigenvalue weighted by atomic mass is 32.2. The zero-order chi connectivity index (χ0) is 19.5. The fourth-order valence-electron chi connectivity index (χ4n) is 2.44. The van der Waals surface area contributed by atoms with E-state index in [1.807, 2.05) is 0 Å². The Hall–Kier alpha value is -2.35. The van der Waals surface area contributed by atoms with Gasteiger partial charge >= 0.3 is 12.1 Å². The van der Waals surface area contributed by atoms with Crippen LogP contribution in [-0.4, -0.2) is 20.6 Å². The molecular weight excluding hydrogens is 369 g/mol. The summed E-state index contributed by atoms with van der Waals surface area (Å²) in [5.41, 5.74) is -0.371. The molecule has 26 heavy (non-hydrogen) atoms. The van der Waals surface area contributed by atoms with E-state index in [2.05, 4.69) is 0 Å². The largest absolute Gasteiger partial charge is 0.454 e. The molecule has 1 atom stereocenters. The van der Waals surface area contributed by atoms with Crippen LogP contribution in [0.15, 0.2) is 48.5 Å². The van der Waals surface area contributed by atoms with Crippen LogP contribution in [0.5, 0.6) is 0 Å². The SMILES string of the molecule is CC(OC(=O)c1ccc(CS(C)(=O)=O)cc1)c1ccccc1C(F)(F)F.